The summed E-state index contributed by atoms with van der Waals surface area (Å²) in [5.41, 5.74) is 6.42. The molecule has 0 fully saturated rings. The number of aromatic nitrogens is 2. The smallest absolute Gasteiger partial charge is 0.159 e. The molecule has 17 heavy (non-hydrogen) atoms. The molecule has 4 heteroatoms. The van der Waals surface area contributed by atoms with Crippen LogP contribution in [-0.2, 0) is 16.8 Å². The normalized spacial score (nSPS) is 16.5. The average Bonchev–Trinajstić information content (AvgIpc) is 2.29. The van der Waals surface area contributed by atoms with Gasteiger partial charge in [0.15, 0.2) is 5.82 Å². The fourth-order valence-electron chi connectivity index (χ4n) is 1.75. The molecule has 96 valence electrons. The summed E-state index contributed by atoms with van der Waals surface area (Å²) >= 11 is 0. The van der Waals surface area contributed by atoms with Gasteiger partial charge in [-0.3, -0.25) is 0 Å². The molecule has 0 amide bonds. The summed E-state index contributed by atoms with van der Waals surface area (Å²) in [6.45, 7) is 8.73. The van der Waals surface area contributed by atoms with E-state index in [0.29, 0.717) is 6.61 Å². The van der Waals surface area contributed by atoms with Crippen LogP contribution in [-0.4, -0.2) is 22.6 Å². The van der Waals surface area contributed by atoms with Gasteiger partial charge >= 0.3 is 0 Å². The zero-order valence-corrected chi connectivity index (χ0v) is 11.2. The number of nitrogens with two attached hydrogens (primary N) is 1. The SMILES string of the molecule is CCOC(C)(CC)c1ncc(CC(C)N)cn1. The molecular weight excluding hydrogens is 214 g/mol. The molecule has 0 spiro atoms. The van der Waals surface area contributed by atoms with E-state index in [1.807, 2.05) is 33.2 Å². The second-order valence-corrected chi connectivity index (χ2v) is 4.61. The number of hydrogen-bond acceptors (Lipinski definition) is 4. The molecule has 0 aromatic carbocycles. The highest BCUT2D eigenvalue weighted by atomic mass is 16.5. The number of hydrogen-bond donors (Lipinski definition) is 1. The molecule has 0 aliphatic heterocycles. The number of ether oxygens (including phenoxy) is 1. The Labute approximate surface area is 104 Å². The van der Waals surface area contributed by atoms with Crippen molar-refractivity contribution in [3.8, 4) is 0 Å². The van der Waals surface area contributed by atoms with Crippen molar-refractivity contribution in [3.63, 3.8) is 0 Å². The number of nitrogens with zero attached hydrogens (tertiary/aromatic N) is 2. The fourth-order valence-corrected chi connectivity index (χ4v) is 1.75. The lowest BCUT2D eigenvalue weighted by atomic mass is 10.0. The second kappa shape index (κ2) is 6.07. The predicted molar refractivity (Wildman–Crippen MR) is 68.7 cm³/mol. The largest absolute Gasteiger partial charge is 0.368 e. The minimum Gasteiger partial charge on any atom is -0.368 e. The molecular formula is C13H23N3O. The van der Waals surface area contributed by atoms with E-state index in [2.05, 4.69) is 16.9 Å². The van der Waals surface area contributed by atoms with Gasteiger partial charge < -0.3 is 10.5 Å². The molecule has 1 heterocycles. The van der Waals surface area contributed by atoms with Crippen molar-refractivity contribution in [3.05, 3.63) is 23.8 Å². The highest BCUT2D eigenvalue weighted by Gasteiger charge is 2.27. The van der Waals surface area contributed by atoms with E-state index in [-0.39, 0.29) is 11.6 Å². The molecule has 0 aliphatic carbocycles. The molecule has 0 saturated heterocycles. The van der Waals surface area contributed by atoms with Gasteiger partial charge in [-0.25, -0.2) is 9.97 Å². The molecule has 1 aromatic rings. The van der Waals surface area contributed by atoms with E-state index in [1.54, 1.807) is 0 Å². The van der Waals surface area contributed by atoms with Gasteiger partial charge in [-0.2, -0.15) is 0 Å². The van der Waals surface area contributed by atoms with Gasteiger partial charge in [-0.05, 0) is 39.2 Å². The first-order chi connectivity index (χ1) is 8.01. The monoisotopic (exact) mass is 237 g/mol. The molecule has 1 rings (SSSR count). The molecule has 2 N–H and O–H groups in total. The first-order valence-corrected chi connectivity index (χ1v) is 6.22. The van der Waals surface area contributed by atoms with Crippen molar-refractivity contribution < 1.29 is 4.74 Å². The molecule has 0 radical (unpaired) electrons. The Balaban J connectivity index is 2.85. The topological polar surface area (TPSA) is 61.0 Å². The van der Waals surface area contributed by atoms with Crippen molar-refractivity contribution in [2.45, 2.75) is 52.2 Å². The van der Waals surface area contributed by atoms with Crippen LogP contribution in [0.5, 0.6) is 0 Å². The van der Waals surface area contributed by atoms with Crippen molar-refractivity contribution >= 4 is 0 Å². The summed E-state index contributed by atoms with van der Waals surface area (Å²) in [4.78, 5) is 8.80. The van der Waals surface area contributed by atoms with Crippen LogP contribution in [0.2, 0.25) is 0 Å². The van der Waals surface area contributed by atoms with Gasteiger partial charge in [0.2, 0.25) is 0 Å². The second-order valence-electron chi connectivity index (χ2n) is 4.61. The Morgan fingerprint density at radius 3 is 2.35 bits per heavy atom. The summed E-state index contributed by atoms with van der Waals surface area (Å²) in [5.74, 6) is 0.746. The van der Waals surface area contributed by atoms with Crippen LogP contribution in [0.25, 0.3) is 0 Å². The molecule has 1 aromatic heterocycles. The third-order valence-electron chi connectivity index (χ3n) is 2.87. The maximum Gasteiger partial charge on any atom is 0.159 e. The Hall–Kier alpha value is -1.00. The first kappa shape index (κ1) is 14.1. The summed E-state index contributed by atoms with van der Waals surface area (Å²) in [6, 6.07) is 0.133. The van der Waals surface area contributed by atoms with Crippen molar-refractivity contribution in [1.29, 1.82) is 0 Å². The predicted octanol–water partition coefficient (Wildman–Crippen LogP) is 2.03. The third-order valence-corrected chi connectivity index (χ3v) is 2.87. The molecule has 0 bridgehead atoms. The van der Waals surface area contributed by atoms with Gasteiger partial charge in [-0.15, -0.1) is 0 Å². The van der Waals surface area contributed by atoms with Crippen molar-refractivity contribution in [2.24, 2.45) is 5.73 Å². The van der Waals surface area contributed by atoms with E-state index in [0.717, 1.165) is 24.2 Å². The van der Waals surface area contributed by atoms with Crippen LogP contribution in [0.1, 0.15) is 45.5 Å². The van der Waals surface area contributed by atoms with E-state index < -0.39 is 0 Å². The van der Waals surface area contributed by atoms with E-state index in [4.69, 9.17) is 10.5 Å². The van der Waals surface area contributed by atoms with Crippen LogP contribution in [0.3, 0.4) is 0 Å². The standard InChI is InChI=1S/C13H23N3O/c1-5-13(4,17-6-2)12-15-8-11(9-16-12)7-10(3)14/h8-10H,5-7,14H2,1-4H3. The van der Waals surface area contributed by atoms with E-state index in [9.17, 15) is 0 Å². The zero-order valence-electron chi connectivity index (χ0n) is 11.2. The highest BCUT2D eigenvalue weighted by molar-refractivity contribution is 5.10. The zero-order chi connectivity index (χ0) is 12.9. The summed E-state index contributed by atoms with van der Waals surface area (Å²) in [5, 5.41) is 0. The lowest BCUT2D eigenvalue weighted by Crippen LogP contribution is -2.28. The van der Waals surface area contributed by atoms with Gasteiger partial charge in [0.05, 0.1) is 0 Å². The first-order valence-electron chi connectivity index (χ1n) is 6.22. The van der Waals surface area contributed by atoms with E-state index in [1.165, 1.54) is 0 Å². The maximum atomic E-state index is 5.74. The van der Waals surface area contributed by atoms with Gasteiger partial charge in [-0.1, -0.05) is 6.92 Å². The summed E-state index contributed by atoms with van der Waals surface area (Å²) < 4.78 is 5.74. The highest BCUT2D eigenvalue weighted by Crippen LogP contribution is 2.25. The number of rotatable bonds is 6. The average molecular weight is 237 g/mol. The third kappa shape index (κ3) is 3.75. The van der Waals surface area contributed by atoms with Crippen LogP contribution in [0, 0.1) is 0 Å². The van der Waals surface area contributed by atoms with Gasteiger partial charge in [0.1, 0.15) is 5.60 Å². The van der Waals surface area contributed by atoms with Crippen LogP contribution < -0.4 is 5.73 Å². The Bertz CT molecular complexity index is 337. The Kier molecular flexibility index (Phi) is 5.02. The molecule has 0 saturated carbocycles. The molecule has 2 atom stereocenters. The van der Waals surface area contributed by atoms with Crippen LogP contribution in [0.4, 0.5) is 0 Å². The molecule has 2 unspecified atom stereocenters. The van der Waals surface area contributed by atoms with Crippen LogP contribution >= 0.6 is 0 Å². The molecule has 0 aliphatic rings. The van der Waals surface area contributed by atoms with E-state index >= 15 is 0 Å². The summed E-state index contributed by atoms with van der Waals surface area (Å²) in [6.07, 6.45) is 5.35. The quantitative estimate of drug-likeness (QED) is 0.822. The minimum atomic E-state index is -0.387. The Morgan fingerprint density at radius 1 is 1.35 bits per heavy atom. The fraction of sp³-hybridized carbons (Fsp3) is 0.692. The lowest BCUT2D eigenvalue weighted by molar-refractivity contribution is -0.0390. The molecule has 4 nitrogen and oxygen atoms in total. The van der Waals surface area contributed by atoms with Crippen molar-refractivity contribution in [2.75, 3.05) is 6.61 Å². The minimum absolute atomic E-state index is 0.133. The van der Waals surface area contributed by atoms with Gasteiger partial charge in [0.25, 0.3) is 0 Å². The van der Waals surface area contributed by atoms with Crippen LogP contribution in [0.15, 0.2) is 12.4 Å². The maximum absolute atomic E-state index is 5.74. The summed E-state index contributed by atoms with van der Waals surface area (Å²) in [7, 11) is 0. The van der Waals surface area contributed by atoms with Crippen molar-refractivity contribution in [1.82, 2.24) is 9.97 Å². The Morgan fingerprint density at radius 2 is 1.94 bits per heavy atom. The lowest BCUT2D eigenvalue weighted by Gasteiger charge is -2.26. The van der Waals surface area contributed by atoms with Gasteiger partial charge in [0, 0.05) is 25.0 Å².